The Kier molecular flexibility index (Phi) is 5.88. The molecule has 0 radical (unpaired) electrons. The number of carbonyl (C=O) groups excluding carboxylic acids is 2. The van der Waals surface area contributed by atoms with E-state index < -0.39 is 23.6 Å². The highest BCUT2D eigenvalue weighted by atomic mass is 19.1. The van der Waals surface area contributed by atoms with Crippen molar-refractivity contribution in [3.05, 3.63) is 84.1 Å². The van der Waals surface area contributed by atoms with Crippen molar-refractivity contribution in [2.45, 2.75) is 18.9 Å². The number of ether oxygens (including phenoxy) is 1. The predicted molar refractivity (Wildman–Crippen MR) is 111 cm³/mol. The summed E-state index contributed by atoms with van der Waals surface area (Å²) in [5.74, 6) is -1.41. The van der Waals surface area contributed by atoms with E-state index in [0.29, 0.717) is 24.1 Å². The Bertz CT molecular complexity index is 1110. The topological polar surface area (TPSA) is 71.5 Å². The number of halogens is 2. The van der Waals surface area contributed by atoms with Crippen LogP contribution in [0.5, 0.6) is 5.75 Å². The molecule has 6 nitrogen and oxygen atoms in total. The van der Waals surface area contributed by atoms with Crippen LogP contribution in [0, 0.1) is 11.6 Å². The standard InChI is InChI=1S/C23H19F2N3O3/c24-16-10-11-18(17(25)14-16)27-20(29)9-5-13-28-22-19(8-4-12-26-22)31-21(23(28)30)15-6-2-1-3-7-15/h1-4,6-8,10-12,14,21H,5,9,13H2,(H,27,29)/t21-/m0/s1. The molecule has 1 aliphatic rings. The molecular weight excluding hydrogens is 404 g/mol. The smallest absolute Gasteiger partial charge is 0.274 e. The van der Waals surface area contributed by atoms with Gasteiger partial charge in [-0.1, -0.05) is 30.3 Å². The van der Waals surface area contributed by atoms with Gasteiger partial charge in [-0.15, -0.1) is 0 Å². The van der Waals surface area contributed by atoms with E-state index in [1.165, 1.54) is 11.0 Å². The minimum Gasteiger partial charge on any atom is -0.472 e. The van der Waals surface area contributed by atoms with Crippen molar-refractivity contribution in [2.24, 2.45) is 0 Å². The second-order valence-corrected chi connectivity index (χ2v) is 7.00. The largest absolute Gasteiger partial charge is 0.472 e. The van der Waals surface area contributed by atoms with Gasteiger partial charge < -0.3 is 10.1 Å². The van der Waals surface area contributed by atoms with Crippen molar-refractivity contribution < 1.29 is 23.1 Å². The molecule has 1 aliphatic heterocycles. The third kappa shape index (κ3) is 4.53. The molecule has 0 aliphatic carbocycles. The van der Waals surface area contributed by atoms with Crippen molar-refractivity contribution in [1.82, 2.24) is 4.98 Å². The van der Waals surface area contributed by atoms with Gasteiger partial charge in [0, 0.05) is 30.8 Å². The molecule has 0 fully saturated rings. The number of aromatic nitrogens is 1. The fraction of sp³-hybridized carbons (Fsp3) is 0.174. The molecule has 2 heterocycles. The molecule has 31 heavy (non-hydrogen) atoms. The van der Waals surface area contributed by atoms with Crippen LogP contribution in [-0.4, -0.2) is 23.3 Å². The van der Waals surface area contributed by atoms with Crippen molar-refractivity contribution in [2.75, 3.05) is 16.8 Å². The Morgan fingerprint density at radius 3 is 2.68 bits per heavy atom. The number of pyridine rings is 1. The number of benzene rings is 2. The summed E-state index contributed by atoms with van der Waals surface area (Å²) in [6.07, 6.45) is 1.12. The molecule has 3 aromatic rings. The van der Waals surface area contributed by atoms with Crippen LogP contribution in [0.2, 0.25) is 0 Å². The molecule has 8 heteroatoms. The van der Waals surface area contributed by atoms with Crippen LogP contribution in [0.4, 0.5) is 20.3 Å². The lowest BCUT2D eigenvalue weighted by molar-refractivity contribution is -0.127. The summed E-state index contributed by atoms with van der Waals surface area (Å²) < 4.78 is 32.6. The van der Waals surface area contributed by atoms with E-state index in [4.69, 9.17) is 4.74 Å². The number of carbonyl (C=O) groups is 2. The number of hydrogen-bond acceptors (Lipinski definition) is 4. The lowest BCUT2D eigenvalue weighted by Crippen LogP contribution is -2.42. The van der Waals surface area contributed by atoms with Gasteiger partial charge in [-0.25, -0.2) is 13.8 Å². The molecular formula is C23H19F2N3O3. The van der Waals surface area contributed by atoms with Gasteiger partial charge in [-0.2, -0.15) is 0 Å². The van der Waals surface area contributed by atoms with Gasteiger partial charge in [-0.05, 0) is 30.7 Å². The van der Waals surface area contributed by atoms with E-state index in [0.717, 1.165) is 11.6 Å². The Labute approximate surface area is 177 Å². The van der Waals surface area contributed by atoms with Crippen molar-refractivity contribution in [1.29, 1.82) is 0 Å². The Morgan fingerprint density at radius 1 is 1.10 bits per heavy atom. The van der Waals surface area contributed by atoms with E-state index in [9.17, 15) is 18.4 Å². The highest BCUT2D eigenvalue weighted by Gasteiger charge is 2.36. The fourth-order valence-corrected chi connectivity index (χ4v) is 3.36. The molecule has 1 atom stereocenters. The maximum atomic E-state index is 13.7. The molecule has 0 unspecified atom stereocenters. The third-order valence-electron chi connectivity index (χ3n) is 4.83. The highest BCUT2D eigenvalue weighted by molar-refractivity contribution is 5.99. The first-order valence-corrected chi connectivity index (χ1v) is 9.76. The number of rotatable bonds is 6. The molecule has 2 amide bonds. The second kappa shape index (κ2) is 8.91. The van der Waals surface area contributed by atoms with Gasteiger partial charge in [0.15, 0.2) is 11.6 Å². The minimum atomic E-state index is -0.847. The van der Waals surface area contributed by atoms with Gasteiger partial charge in [0.05, 0.1) is 5.69 Å². The first kappa shape index (κ1) is 20.5. The Hall–Kier alpha value is -3.81. The third-order valence-corrected chi connectivity index (χ3v) is 4.83. The molecule has 4 rings (SSSR count). The lowest BCUT2D eigenvalue weighted by atomic mass is 10.1. The van der Waals surface area contributed by atoms with Crippen molar-refractivity contribution >= 4 is 23.3 Å². The SMILES string of the molecule is O=C(CCCN1C(=O)[C@H](c2ccccc2)Oc2cccnc21)Nc1ccc(F)cc1F. The van der Waals surface area contributed by atoms with Crippen LogP contribution < -0.4 is 15.0 Å². The average Bonchev–Trinajstić information content (AvgIpc) is 2.77. The number of hydrogen-bond donors (Lipinski definition) is 1. The molecule has 1 N–H and O–H groups in total. The van der Waals surface area contributed by atoms with Crippen LogP contribution in [0.25, 0.3) is 0 Å². The summed E-state index contributed by atoms with van der Waals surface area (Å²) in [6, 6.07) is 15.5. The Balaban J connectivity index is 1.44. The number of fused-ring (bicyclic) bond motifs is 1. The second-order valence-electron chi connectivity index (χ2n) is 7.00. The van der Waals surface area contributed by atoms with Gasteiger partial charge in [0.1, 0.15) is 11.6 Å². The maximum Gasteiger partial charge on any atom is 0.274 e. The zero-order valence-corrected chi connectivity index (χ0v) is 16.4. The van der Waals surface area contributed by atoms with E-state index >= 15 is 0 Å². The van der Waals surface area contributed by atoms with E-state index in [2.05, 4.69) is 10.3 Å². The predicted octanol–water partition coefficient (Wildman–Crippen LogP) is 4.25. The summed E-state index contributed by atoms with van der Waals surface area (Å²) in [5.41, 5.74) is 0.626. The van der Waals surface area contributed by atoms with Crippen LogP contribution >= 0.6 is 0 Å². The van der Waals surface area contributed by atoms with Crippen LogP contribution in [-0.2, 0) is 9.59 Å². The summed E-state index contributed by atoms with van der Waals surface area (Å²) >= 11 is 0. The van der Waals surface area contributed by atoms with Crippen LogP contribution in [0.15, 0.2) is 66.9 Å². The fourth-order valence-electron chi connectivity index (χ4n) is 3.36. The summed E-state index contributed by atoms with van der Waals surface area (Å²) in [7, 11) is 0. The summed E-state index contributed by atoms with van der Waals surface area (Å²) in [5, 5.41) is 2.42. The van der Waals surface area contributed by atoms with Crippen molar-refractivity contribution in [3.63, 3.8) is 0 Å². The van der Waals surface area contributed by atoms with E-state index in [1.54, 1.807) is 18.3 Å². The molecule has 158 valence electrons. The first-order chi connectivity index (χ1) is 15.0. The van der Waals surface area contributed by atoms with Gasteiger partial charge in [0.25, 0.3) is 5.91 Å². The zero-order chi connectivity index (χ0) is 21.8. The first-order valence-electron chi connectivity index (χ1n) is 9.76. The number of nitrogens with zero attached hydrogens (tertiary/aromatic N) is 2. The van der Waals surface area contributed by atoms with E-state index in [1.807, 2.05) is 30.3 Å². The number of amides is 2. The molecule has 0 saturated carbocycles. The van der Waals surface area contributed by atoms with E-state index in [-0.39, 0.29) is 24.6 Å². The van der Waals surface area contributed by atoms with Crippen molar-refractivity contribution in [3.8, 4) is 5.75 Å². The maximum absolute atomic E-state index is 13.7. The summed E-state index contributed by atoms with van der Waals surface area (Å²) in [4.78, 5) is 31.1. The van der Waals surface area contributed by atoms with Gasteiger partial charge in [0.2, 0.25) is 12.0 Å². The lowest BCUT2D eigenvalue weighted by Gasteiger charge is -2.33. The quantitative estimate of drug-likeness (QED) is 0.644. The highest BCUT2D eigenvalue weighted by Crippen LogP contribution is 2.37. The van der Waals surface area contributed by atoms with Gasteiger partial charge >= 0.3 is 0 Å². The molecule has 0 saturated heterocycles. The normalized spacial score (nSPS) is 15.2. The molecule has 0 spiro atoms. The molecule has 2 aromatic carbocycles. The van der Waals surface area contributed by atoms with Gasteiger partial charge in [-0.3, -0.25) is 14.5 Å². The van der Waals surface area contributed by atoms with Crippen LogP contribution in [0.1, 0.15) is 24.5 Å². The Morgan fingerprint density at radius 2 is 1.90 bits per heavy atom. The average molecular weight is 423 g/mol. The molecule has 1 aromatic heterocycles. The summed E-state index contributed by atoms with van der Waals surface area (Å²) in [6.45, 7) is 0.231. The number of nitrogens with one attached hydrogen (secondary N) is 1. The molecule has 0 bridgehead atoms. The zero-order valence-electron chi connectivity index (χ0n) is 16.4. The number of anilines is 2. The van der Waals surface area contributed by atoms with Crippen LogP contribution in [0.3, 0.4) is 0 Å². The monoisotopic (exact) mass is 423 g/mol. The minimum absolute atomic E-state index is 0.0413.